The maximum Gasteiger partial charge on any atom is 0.270 e. The quantitative estimate of drug-likeness (QED) is 0.620. The van der Waals surface area contributed by atoms with Crippen molar-refractivity contribution in [1.82, 2.24) is 19.8 Å². The lowest BCUT2D eigenvalue weighted by molar-refractivity contribution is 0.0383. The number of carbonyl (C=O) groups excluding carboxylic acids is 1. The maximum atomic E-state index is 12.6. The van der Waals surface area contributed by atoms with E-state index < -0.39 is 0 Å². The van der Waals surface area contributed by atoms with Crippen LogP contribution in [-0.2, 0) is 11.8 Å². The Bertz CT molecular complexity index is 1040. The Hall–Kier alpha value is -2.62. The first-order valence-electron chi connectivity index (χ1n) is 9.86. The Morgan fingerprint density at radius 2 is 1.97 bits per heavy atom. The van der Waals surface area contributed by atoms with Gasteiger partial charge in [-0.1, -0.05) is 0 Å². The van der Waals surface area contributed by atoms with Crippen molar-refractivity contribution in [2.45, 2.75) is 0 Å². The SMILES string of the molecule is COc1ccc(OC)c2c1c(-c1nc(C(=O)NCCN3CCOCC3)cs1)cn2C. The molecule has 8 nitrogen and oxygen atoms in total. The number of amides is 1. The third-order valence-electron chi connectivity index (χ3n) is 5.27. The summed E-state index contributed by atoms with van der Waals surface area (Å²) in [4.78, 5) is 19.5. The van der Waals surface area contributed by atoms with Crippen molar-refractivity contribution in [3.05, 3.63) is 29.4 Å². The molecule has 1 aliphatic rings. The normalized spacial score (nSPS) is 14.8. The van der Waals surface area contributed by atoms with Crippen LogP contribution in [0.5, 0.6) is 11.5 Å². The Labute approximate surface area is 179 Å². The summed E-state index contributed by atoms with van der Waals surface area (Å²) in [6, 6.07) is 3.78. The molecule has 9 heteroatoms. The van der Waals surface area contributed by atoms with E-state index >= 15 is 0 Å². The molecule has 1 aliphatic heterocycles. The zero-order valence-electron chi connectivity index (χ0n) is 17.4. The van der Waals surface area contributed by atoms with E-state index in [0.29, 0.717) is 12.2 Å². The second-order valence-corrected chi connectivity index (χ2v) is 7.95. The number of thiazole rings is 1. The molecule has 3 heterocycles. The number of rotatable bonds is 7. The van der Waals surface area contributed by atoms with Crippen LogP contribution in [0.2, 0.25) is 0 Å². The minimum absolute atomic E-state index is 0.157. The van der Waals surface area contributed by atoms with Crippen LogP contribution < -0.4 is 14.8 Å². The van der Waals surface area contributed by atoms with Crippen LogP contribution in [0.15, 0.2) is 23.7 Å². The average molecular weight is 431 g/mol. The molecule has 1 saturated heterocycles. The molecule has 1 amide bonds. The van der Waals surface area contributed by atoms with E-state index in [1.54, 1.807) is 19.6 Å². The Morgan fingerprint density at radius 3 is 2.70 bits per heavy atom. The van der Waals surface area contributed by atoms with E-state index in [1.807, 2.05) is 29.9 Å². The highest BCUT2D eigenvalue weighted by Gasteiger charge is 2.20. The van der Waals surface area contributed by atoms with E-state index in [2.05, 4.69) is 15.2 Å². The molecular weight excluding hydrogens is 404 g/mol. The van der Waals surface area contributed by atoms with Gasteiger partial charge >= 0.3 is 0 Å². The number of methoxy groups -OCH3 is 2. The number of morpholine rings is 1. The molecule has 0 unspecified atom stereocenters. The summed E-state index contributed by atoms with van der Waals surface area (Å²) in [7, 11) is 5.25. The van der Waals surface area contributed by atoms with Crippen molar-refractivity contribution >= 4 is 28.1 Å². The predicted octanol–water partition coefficient (Wildman–Crippen LogP) is 2.38. The molecule has 2 aromatic heterocycles. The fraction of sp³-hybridized carbons (Fsp3) is 0.429. The fourth-order valence-corrected chi connectivity index (χ4v) is 4.54. The predicted molar refractivity (Wildman–Crippen MR) is 117 cm³/mol. The largest absolute Gasteiger partial charge is 0.496 e. The molecule has 0 aliphatic carbocycles. The van der Waals surface area contributed by atoms with E-state index in [1.165, 1.54) is 11.3 Å². The minimum Gasteiger partial charge on any atom is -0.496 e. The molecule has 0 atom stereocenters. The van der Waals surface area contributed by atoms with Crippen LogP contribution in [0.1, 0.15) is 10.5 Å². The minimum atomic E-state index is -0.157. The van der Waals surface area contributed by atoms with Gasteiger partial charge in [0.25, 0.3) is 5.91 Å². The van der Waals surface area contributed by atoms with Crippen LogP contribution >= 0.6 is 11.3 Å². The highest BCUT2D eigenvalue weighted by Crippen LogP contribution is 2.41. The summed E-state index contributed by atoms with van der Waals surface area (Å²) in [5.74, 6) is 1.35. The smallest absolute Gasteiger partial charge is 0.270 e. The number of ether oxygens (including phenoxy) is 3. The molecule has 3 aromatic rings. The Balaban J connectivity index is 1.53. The molecule has 0 saturated carbocycles. The standard InChI is InChI=1S/C21H26N4O4S/c1-24-12-14(18-16(27-2)4-5-17(28-3)19(18)24)21-23-15(13-30-21)20(26)22-6-7-25-8-10-29-11-9-25/h4-5,12-13H,6-11H2,1-3H3,(H,22,26). The van der Waals surface area contributed by atoms with Crippen molar-refractivity contribution < 1.29 is 19.0 Å². The zero-order chi connectivity index (χ0) is 21.1. The summed E-state index contributed by atoms with van der Waals surface area (Å²) in [6.45, 7) is 4.72. The molecule has 0 radical (unpaired) electrons. The molecule has 0 bridgehead atoms. The topological polar surface area (TPSA) is 77.8 Å². The molecule has 160 valence electrons. The van der Waals surface area contributed by atoms with Gasteiger partial charge < -0.3 is 24.1 Å². The van der Waals surface area contributed by atoms with Gasteiger partial charge in [-0.25, -0.2) is 4.98 Å². The molecule has 0 spiro atoms. The van der Waals surface area contributed by atoms with E-state index in [0.717, 1.165) is 65.8 Å². The number of nitrogens with zero attached hydrogens (tertiary/aromatic N) is 3. The molecule has 30 heavy (non-hydrogen) atoms. The van der Waals surface area contributed by atoms with Gasteiger partial charge in [0.1, 0.15) is 22.2 Å². The van der Waals surface area contributed by atoms with Gasteiger partial charge in [-0.15, -0.1) is 11.3 Å². The zero-order valence-corrected chi connectivity index (χ0v) is 18.3. The number of aryl methyl sites for hydroxylation is 1. The number of hydrogen-bond donors (Lipinski definition) is 1. The molecule has 1 N–H and O–H groups in total. The van der Waals surface area contributed by atoms with Crippen molar-refractivity contribution in [3.8, 4) is 22.1 Å². The lowest BCUT2D eigenvalue weighted by atomic mass is 10.1. The highest BCUT2D eigenvalue weighted by molar-refractivity contribution is 7.13. The van der Waals surface area contributed by atoms with Gasteiger partial charge in [0.15, 0.2) is 0 Å². The summed E-state index contributed by atoms with van der Waals surface area (Å²) < 4.78 is 18.5. The average Bonchev–Trinajstić information content (AvgIpc) is 3.39. The molecule has 1 fully saturated rings. The summed E-state index contributed by atoms with van der Waals surface area (Å²) in [5.41, 5.74) is 2.27. The first kappa shape index (κ1) is 20.6. The summed E-state index contributed by atoms with van der Waals surface area (Å²) in [6.07, 6.45) is 1.99. The van der Waals surface area contributed by atoms with E-state index in [9.17, 15) is 4.79 Å². The third kappa shape index (κ3) is 4.00. The number of nitrogens with one attached hydrogen (secondary N) is 1. The summed E-state index contributed by atoms with van der Waals surface area (Å²) >= 11 is 1.44. The second kappa shape index (κ2) is 9.03. The molecule has 1 aromatic carbocycles. The Kier molecular flexibility index (Phi) is 6.21. The second-order valence-electron chi connectivity index (χ2n) is 7.10. The molecular formula is C21H26N4O4S. The number of aromatic nitrogens is 2. The third-order valence-corrected chi connectivity index (χ3v) is 6.15. The number of hydrogen-bond acceptors (Lipinski definition) is 7. The van der Waals surface area contributed by atoms with Gasteiger partial charge in [-0.2, -0.15) is 0 Å². The number of fused-ring (bicyclic) bond motifs is 1. The summed E-state index contributed by atoms with van der Waals surface area (Å²) in [5, 5.41) is 6.46. The van der Waals surface area contributed by atoms with Gasteiger partial charge in [0.05, 0.1) is 38.3 Å². The maximum absolute atomic E-state index is 12.6. The first-order chi connectivity index (χ1) is 14.6. The van der Waals surface area contributed by atoms with Crippen molar-refractivity contribution in [2.24, 2.45) is 7.05 Å². The van der Waals surface area contributed by atoms with Gasteiger partial charge in [-0.3, -0.25) is 9.69 Å². The van der Waals surface area contributed by atoms with Crippen LogP contribution in [0.4, 0.5) is 0 Å². The van der Waals surface area contributed by atoms with Gasteiger partial charge in [0.2, 0.25) is 0 Å². The number of carbonyl (C=O) groups is 1. The fourth-order valence-electron chi connectivity index (χ4n) is 3.73. The number of benzene rings is 1. The van der Waals surface area contributed by atoms with Crippen molar-refractivity contribution in [3.63, 3.8) is 0 Å². The van der Waals surface area contributed by atoms with Crippen LogP contribution in [-0.4, -0.2) is 74.0 Å². The lowest BCUT2D eigenvalue weighted by Gasteiger charge is -2.26. The highest BCUT2D eigenvalue weighted by atomic mass is 32.1. The Morgan fingerprint density at radius 1 is 1.23 bits per heavy atom. The monoisotopic (exact) mass is 430 g/mol. The van der Waals surface area contributed by atoms with Crippen molar-refractivity contribution in [2.75, 3.05) is 53.6 Å². The lowest BCUT2D eigenvalue weighted by Crippen LogP contribution is -2.41. The van der Waals surface area contributed by atoms with Crippen LogP contribution in [0.3, 0.4) is 0 Å². The first-order valence-corrected chi connectivity index (χ1v) is 10.7. The van der Waals surface area contributed by atoms with Gasteiger partial charge in [0, 0.05) is 50.4 Å². The van der Waals surface area contributed by atoms with Gasteiger partial charge in [-0.05, 0) is 12.1 Å². The van der Waals surface area contributed by atoms with Crippen LogP contribution in [0.25, 0.3) is 21.5 Å². The van der Waals surface area contributed by atoms with E-state index in [-0.39, 0.29) is 5.91 Å². The van der Waals surface area contributed by atoms with Crippen LogP contribution in [0, 0.1) is 0 Å². The van der Waals surface area contributed by atoms with E-state index in [4.69, 9.17) is 14.2 Å². The molecule has 4 rings (SSSR count). The van der Waals surface area contributed by atoms with Crippen molar-refractivity contribution in [1.29, 1.82) is 0 Å².